The van der Waals surface area contributed by atoms with Crippen molar-refractivity contribution in [1.82, 2.24) is 5.43 Å². The SMILES string of the molecule is CC(=NNC(=O)c1ccc([N+](=O)[O-])cc1)c1cc(C)c(C)cc1C. The molecule has 0 aromatic heterocycles. The Kier molecular flexibility index (Phi) is 5.08. The molecule has 0 aliphatic carbocycles. The molecule has 0 bridgehead atoms. The second-order valence-electron chi connectivity index (χ2n) is 5.69. The number of hydrogen-bond acceptors (Lipinski definition) is 4. The van der Waals surface area contributed by atoms with E-state index in [9.17, 15) is 14.9 Å². The molecule has 6 nitrogen and oxygen atoms in total. The van der Waals surface area contributed by atoms with Gasteiger partial charge in [0.05, 0.1) is 10.6 Å². The van der Waals surface area contributed by atoms with Gasteiger partial charge in [0.1, 0.15) is 0 Å². The number of nitro groups is 1. The van der Waals surface area contributed by atoms with Gasteiger partial charge in [-0.2, -0.15) is 5.10 Å². The van der Waals surface area contributed by atoms with Crippen LogP contribution in [0.4, 0.5) is 5.69 Å². The number of rotatable bonds is 4. The molecule has 2 aromatic carbocycles. The lowest BCUT2D eigenvalue weighted by atomic mass is 9.98. The van der Waals surface area contributed by atoms with Gasteiger partial charge in [-0.15, -0.1) is 0 Å². The van der Waals surface area contributed by atoms with Crippen molar-refractivity contribution in [3.8, 4) is 0 Å². The van der Waals surface area contributed by atoms with Crippen molar-refractivity contribution in [3.05, 3.63) is 74.3 Å². The van der Waals surface area contributed by atoms with Gasteiger partial charge in [0.15, 0.2) is 0 Å². The molecule has 1 amide bonds. The van der Waals surface area contributed by atoms with Gasteiger partial charge in [-0.25, -0.2) is 5.43 Å². The van der Waals surface area contributed by atoms with E-state index >= 15 is 0 Å². The van der Waals surface area contributed by atoms with Crippen molar-refractivity contribution in [1.29, 1.82) is 0 Å². The van der Waals surface area contributed by atoms with Gasteiger partial charge in [0.25, 0.3) is 11.6 Å². The fourth-order valence-electron chi connectivity index (χ4n) is 2.34. The number of amides is 1. The predicted molar refractivity (Wildman–Crippen MR) is 93.4 cm³/mol. The van der Waals surface area contributed by atoms with Gasteiger partial charge >= 0.3 is 0 Å². The molecule has 0 heterocycles. The molecule has 0 unspecified atom stereocenters. The molecular weight excluding hydrogens is 306 g/mol. The topological polar surface area (TPSA) is 84.6 Å². The fourth-order valence-corrected chi connectivity index (χ4v) is 2.34. The second-order valence-corrected chi connectivity index (χ2v) is 5.69. The maximum atomic E-state index is 12.1. The van der Waals surface area contributed by atoms with Crippen LogP contribution in [0.15, 0.2) is 41.5 Å². The van der Waals surface area contributed by atoms with Crippen LogP contribution in [0.5, 0.6) is 0 Å². The van der Waals surface area contributed by atoms with Crippen LogP contribution in [-0.2, 0) is 0 Å². The number of benzene rings is 2. The average molecular weight is 325 g/mol. The molecule has 0 fully saturated rings. The molecular formula is C18H19N3O3. The van der Waals surface area contributed by atoms with Crippen molar-refractivity contribution < 1.29 is 9.72 Å². The van der Waals surface area contributed by atoms with Crippen LogP contribution in [0.3, 0.4) is 0 Å². The van der Waals surface area contributed by atoms with E-state index in [1.807, 2.05) is 26.8 Å². The zero-order valence-electron chi connectivity index (χ0n) is 14.1. The van der Waals surface area contributed by atoms with Gasteiger partial charge in [0.2, 0.25) is 0 Å². The van der Waals surface area contributed by atoms with Crippen LogP contribution in [0.1, 0.15) is 39.5 Å². The summed E-state index contributed by atoms with van der Waals surface area (Å²) in [4.78, 5) is 22.2. The van der Waals surface area contributed by atoms with E-state index in [0.29, 0.717) is 11.3 Å². The Morgan fingerprint density at radius 1 is 1.04 bits per heavy atom. The molecule has 0 spiro atoms. The minimum absolute atomic E-state index is 0.0583. The summed E-state index contributed by atoms with van der Waals surface area (Å²) in [6.07, 6.45) is 0. The van der Waals surface area contributed by atoms with Crippen LogP contribution in [0, 0.1) is 30.9 Å². The fraction of sp³-hybridized carbons (Fsp3) is 0.222. The number of carbonyl (C=O) groups is 1. The summed E-state index contributed by atoms with van der Waals surface area (Å²) in [6.45, 7) is 7.90. The highest BCUT2D eigenvalue weighted by atomic mass is 16.6. The summed E-state index contributed by atoms with van der Waals surface area (Å²) in [7, 11) is 0. The largest absolute Gasteiger partial charge is 0.271 e. The van der Waals surface area contributed by atoms with Crippen molar-refractivity contribution in [2.24, 2.45) is 5.10 Å². The minimum atomic E-state index is -0.507. The van der Waals surface area contributed by atoms with Crippen LogP contribution in [-0.4, -0.2) is 16.5 Å². The Labute approximate surface area is 140 Å². The van der Waals surface area contributed by atoms with Gasteiger partial charge < -0.3 is 0 Å². The van der Waals surface area contributed by atoms with Crippen molar-refractivity contribution in [2.75, 3.05) is 0 Å². The van der Waals surface area contributed by atoms with E-state index in [2.05, 4.69) is 23.5 Å². The van der Waals surface area contributed by atoms with Gasteiger partial charge in [-0.05, 0) is 62.6 Å². The van der Waals surface area contributed by atoms with E-state index in [-0.39, 0.29) is 5.69 Å². The first-order valence-corrected chi connectivity index (χ1v) is 7.47. The molecule has 0 aliphatic heterocycles. The first kappa shape index (κ1) is 17.3. The molecule has 124 valence electrons. The molecule has 0 radical (unpaired) electrons. The van der Waals surface area contributed by atoms with Crippen molar-refractivity contribution >= 4 is 17.3 Å². The molecule has 2 aromatic rings. The Bertz CT molecular complexity index is 824. The number of nitrogens with one attached hydrogen (secondary N) is 1. The first-order chi connectivity index (χ1) is 11.3. The lowest BCUT2D eigenvalue weighted by molar-refractivity contribution is -0.384. The van der Waals surface area contributed by atoms with E-state index in [1.54, 1.807) is 0 Å². The Morgan fingerprint density at radius 3 is 2.21 bits per heavy atom. The lowest BCUT2D eigenvalue weighted by Crippen LogP contribution is -2.19. The van der Waals surface area contributed by atoms with Crippen LogP contribution in [0.25, 0.3) is 0 Å². The van der Waals surface area contributed by atoms with Crippen molar-refractivity contribution in [2.45, 2.75) is 27.7 Å². The normalized spacial score (nSPS) is 11.2. The first-order valence-electron chi connectivity index (χ1n) is 7.47. The Hall–Kier alpha value is -3.02. The number of aryl methyl sites for hydroxylation is 3. The smallest absolute Gasteiger partial charge is 0.267 e. The number of non-ortho nitro benzene ring substituents is 1. The van der Waals surface area contributed by atoms with Gasteiger partial charge in [-0.3, -0.25) is 14.9 Å². The highest BCUT2D eigenvalue weighted by Crippen LogP contribution is 2.16. The maximum absolute atomic E-state index is 12.1. The highest BCUT2D eigenvalue weighted by molar-refractivity contribution is 6.02. The Morgan fingerprint density at radius 2 is 1.62 bits per heavy atom. The molecule has 0 aliphatic rings. The summed E-state index contributed by atoms with van der Waals surface area (Å²) in [5, 5.41) is 14.8. The third-order valence-electron chi connectivity index (χ3n) is 3.90. The van der Waals surface area contributed by atoms with Crippen LogP contribution < -0.4 is 5.43 Å². The summed E-state index contributed by atoms with van der Waals surface area (Å²) >= 11 is 0. The Balaban J connectivity index is 2.16. The van der Waals surface area contributed by atoms with E-state index in [0.717, 1.165) is 16.7 Å². The molecule has 0 saturated carbocycles. The number of nitrogens with zero attached hydrogens (tertiary/aromatic N) is 2. The van der Waals surface area contributed by atoms with E-state index in [1.165, 1.54) is 29.8 Å². The summed E-state index contributed by atoms with van der Waals surface area (Å²) in [5.74, 6) is -0.411. The molecule has 1 N–H and O–H groups in total. The monoisotopic (exact) mass is 325 g/mol. The molecule has 2 rings (SSSR count). The minimum Gasteiger partial charge on any atom is -0.267 e. The zero-order valence-corrected chi connectivity index (χ0v) is 14.1. The molecule has 0 saturated heterocycles. The van der Waals surface area contributed by atoms with E-state index in [4.69, 9.17) is 0 Å². The second kappa shape index (κ2) is 7.04. The molecule has 6 heteroatoms. The summed E-state index contributed by atoms with van der Waals surface area (Å²) < 4.78 is 0. The number of hydrogen-bond donors (Lipinski definition) is 1. The van der Waals surface area contributed by atoms with Gasteiger partial charge in [-0.1, -0.05) is 6.07 Å². The zero-order chi connectivity index (χ0) is 17.9. The quantitative estimate of drug-likeness (QED) is 0.529. The number of nitro benzene ring substituents is 1. The van der Waals surface area contributed by atoms with Crippen LogP contribution >= 0.6 is 0 Å². The lowest BCUT2D eigenvalue weighted by Gasteiger charge is -2.10. The van der Waals surface area contributed by atoms with E-state index < -0.39 is 10.8 Å². The molecule has 24 heavy (non-hydrogen) atoms. The third kappa shape index (κ3) is 3.84. The maximum Gasteiger partial charge on any atom is 0.271 e. The van der Waals surface area contributed by atoms with Crippen molar-refractivity contribution in [3.63, 3.8) is 0 Å². The summed E-state index contributed by atoms with van der Waals surface area (Å²) in [5.41, 5.74) is 7.87. The van der Waals surface area contributed by atoms with Gasteiger partial charge in [0, 0.05) is 23.3 Å². The predicted octanol–water partition coefficient (Wildman–Crippen LogP) is 3.67. The summed E-state index contributed by atoms with van der Waals surface area (Å²) in [6, 6.07) is 9.51. The third-order valence-corrected chi connectivity index (χ3v) is 3.90. The number of hydrazone groups is 1. The highest BCUT2D eigenvalue weighted by Gasteiger charge is 2.10. The van der Waals surface area contributed by atoms with Crippen LogP contribution in [0.2, 0.25) is 0 Å². The molecule has 0 atom stereocenters. The number of carbonyl (C=O) groups excluding carboxylic acids is 1. The average Bonchev–Trinajstić information content (AvgIpc) is 2.55. The standard InChI is InChI=1S/C18H19N3O3/c1-11-9-13(3)17(10-12(11)2)14(4)19-20-18(22)15-5-7-16(8-6-15)21(23)24/h5-10H,1-4H3,(H,20,22).